The van der Waals surface area contributed by atoms with E-state index in [-0.39, 0.29) is 11.5 Å². The van der Waals surface area contributed by atoms with Crippen molar-refractivity contribution >= 4 is 20.8 Å². The first-order chi connectivity index (χ1) is 8.53. The van der Waals surface area contributed by atoms with E-state index in [4.69, 9.17) is 5.11 Å². The monoisotopic (exact) mass is 265 g/mol. The zero-order valence-corrected chi connectivity index (χ0v) is 10.8. The molecule has 0 spiro atoms. The second kappa shape index (κ2) is 5.06. The molecule has 0 saturated carbocycles. The summed E-state index contributed by atoms with van der Waals surface area (Å²) in [5.41, 5.74) is 0. The fourth-order valence-electron chi connectivity index (χ4n) is 1.70. The molecular formula is C13H15NO3S. The molecule has 0 aliphatic heterocycles. The minimum Gasteiger partial charge on any atom is -0.395 e. The van der Waals surface area contributed by atoms with Crippen LogP contribution in [0.5, 0.6) is 0 Å². The Bertz CT molecular complexity index is 652. The Hall–Kier alpha value is -1.43. The zero-order valence-electron chi connectivity index (χ0n) is 10.00. The molecular weight excluding hydrogens is 250 g/mol. The molecule has 0 saturated heterocycles. The molecule has 96 valence electrons. The van der Waals surface area contributed by atoms with Gasteiger partial charge in [-0.25, -0.2) is 13.1 Å². The first kappa shape index (κ1) is 13.0. The van der Waals surface area contributed by atoms with E-state index in [1.807, 2.05) is 24.3 Å². The Labute approximate surface area is 106 Å². The van der Waals surface area contributed by atoms with Crippen LogP contribution in [0, 0.1) is 0 Å². The number of fused-ring (bicyclic) bond motifs is 1. The minimum atomic E-state index is -3.57. The smallest absolute Gasteiger partial charge is 0.240 e. The van der Waals surface area contributed by atoms with Gasteiger partial charge in [0.15, 0.2) is 0 Å². The second-order valence-corrected chi connectivity index (χ2v) is 5.93. The Morgan fingerprint density at radius 1 is 1.17 bits per heavy atom. The van der Waals surface area contributed by atoms with Gasteiger partial charge in [0.2, 0.25) is 10.0 Å². The van der Waals surface area contributed by atoms with E-state index in [0.29, 0.717) is 0 Å². The lowest BCUT2D eigenvalue weighted by Gasteiger charge is -2.12. The standard InChI is InChI=1S/C13H15NO3S/c1-10(9-15)14-18(16,17)13-7-6-11-4-2-3-5-12(11)8-13/h2-8,10,14-15H,9H2,1H3/t10-/m1/s1. The minimum absolute atomic E-state index is 0.210. The average molecular weight is 265 g/mol. The molecule has 0 heterocycles. The van der Waals surface area contributed by atoms with E-state index in [9.17, 15) is 8.42 Å². The third-order valence-electron chi connectivity index (χ3n) is 2.66. The van der Waals surface area contributed by atoms with Crippen LogP contribution < -0.4 is 4.72 Å². The summed E-state index contributed by atoms with van der Waals surface area (Å²) in [4.78, 5) is 0.210. The maximum atomic E-state index is 12.0. The molecule has 0 bridgehead atoms. The number of sulfonamides is 1. The predicted molar refractivity (Wildman–Crippen MR) is 70.8 cm³/mol. The topological polar surface area (TPSA) is 66.4 Å². The molecule has 2 aromatic carbocycles. The Kier molecular flexibility index (Phi) is 3.65. The van der Waals surface area contributed by atoms with E-state index >= 15 is 0 Å². The molecule has 0 unspecified atom stereocenters. The number of benzene rings is 2. The molecule has 2 N–H and O–H groups in total. The van der Waals surface area contributed by atoms with Crippen molar-refractivity contribution in [1.29, 1.82) is 0 Å². The Morgan fingerprint density at radius 3 is 2.50 bits per heavy atom. The number of aliphatic hydroxyl groups excluding tert-OH is 1. The highest BCUT2D eigenvalue weighted by Crippen LogP contribution is 2.18. The highest BCUT2D eigenvalue weighted by molar-refractivity contribution is 7.89. The highest BCUT2D eigenvalue weighted by Gasteiger charge is 2.16. The molecule has 0 aromatic heterocycles. The number of aliphatic hydroxyl groups is 1. The predicted octanol–water partition coefficient (Wildman–Crippen LogP) is 1.50. The zero-order chi connectivity index (χ0) is 13.2. The first-order valence-electron chi connectivity index (χ1n) is 5.65. The van der Waals surface area contributed by atoms with Crippen LogP contribution in [0.1, 0.15) is 6.92 Å². The van der Waals surface area contributed by atoms with Crippen LogP contribution >= 0.6 is 0 Å². The van der Waals surface area contributed by atoms with E-state index in [2.05, 4.69) is 4.72 Å². The molecule has 2 aromatic rings. The van der Waals surface area contributed by atoms with Gasteiger partial charge in [0.25, 0.3) is 0 Å². The summed E-state index contributed by atoms with van der Waals surface area (Å²) in [5, 5.41) is 10.8. The van der Waals surface area contributed by atoms with Crippen LogP contribution in [0.25, 0.3) is 10.8 Å². The largest absolute Gasteiger partial charge is 0.395 e. The van der Waals surface area contributed by atoms with Gasteiger partial charge in [-0.3, -0.25) is 0 Å². The van der Waals surface area contributed by atoms with Gasteiger partial charge in [0.05, 0.1) is 11.5 Å². The van der Waals surface area contributed by atoms with Gasteiger partial charge in [-0.2, -0.15) is 0 Å². The molecule has 0 aliphatic carbocycles. The highest BCUT2D eigenvalue weighted by atomic mass is 32.2. The molecule has 18 heavy (non-hydrogen) atoms. The molecule has 2 rings (SSSR count). The average Bonchev–Trinajstić information content (AvgIpc) is 2.37. The lowest BCUT2D eigenvalue weighted by atomic mass is 10.1. The van der Waals surface area contributed by atoms with Crippen LogP contribution in [0.15, 0.2) is 47.4 Å². The summed E-state index contributed by atoms with van der Waals surface area (Å²) in [6.07, 6.45) is 0. The van der Waals surface area contributed by atoms with Gasteiger partial charge in [-0.1, -0.05) is 30.3 Å². The van der Waals surface area contributed by atoms with Crippen LogP contribution in [0.3, 0.4) is 0 Å². The quantitative estimate of drug-likeness (QED) is 0.880. The number of rotatable bonds is 4. The van der Waals surface area contributed by atoms with Crippen molar-refractivity contribution in [3.8, 4) is 0 Å². The second-order valence-electron chi connectivity index (χ2n) is 4.21. The summed E-state index contributed by atoms with van der Waals surface area (Å²) in [6.45, 7) is 1.38. The third-order valence-corrected chi connectivity index (χ3v) is 4.25. The molecule has 1 atom stereocenters. The fourth-order valence-corrected chi connectivity index (χ4v) is 2.97. The summed E-state index contributed by atoms with van der Waals surface area (Å²) < 4.78 is 26.5. The fraction of sp³-hybridized carbons (Fsp3) is 0.231. The van der Waals surface area contributed by atoms with E-state index in [1.54, 1.807) is 25.1 Å². The molecule has 4 nitrogen and oxygen atoms in total. The van der Waals surface area contributed by atoms with Crippen molar-refractivity contribution in [1.82, 2.24) is 4.72 Å². The number of hydrogen-bond donors (Lipinski definition) is 2. The van der Waals surface area contributed by atoms with Crippen LogP contribution in [-0.4, -0.2) is 26.2 Å². The SMILES string of the molecule is C[C@H](CO)NS(=O)(=O)c1ccc2ccccc2c1. The summed E-state index contributed by atoms with van der Waals surface area (Å²) in [6, 6.07) is 12.0. The van der Waals surface area contributed by atoms with Crippen molar-refractivity contribution < 1.29 is 13.5 Å². The molecule has 0 amide bonds. The molecule has 0 aliphatic rings. The molecule has 0 radical (unpaired) electrons. The molecule has 0 fully saturated rings. The van der Waals surface area contributed by atoms with Crippen molar-refractivity contribution in [3.63, 3.8) is 0 Å². The molecule has 5 heteroatoms. The number of hydrogen-bond acceptors (Lipinski definition) is 3. The van der Waals surface area contributed by atoms with E-state index in [1.165, 1.54) is 0 Å². The lowest BCUT2D eigenvalue weighted by Crippen LogP contribution is -2.34. The van der Waals surface area contributed by atoms with Gasteiger partial charge in [0, 0.05) is 6.04 Å². The van der Waals surface area contributed by atoms with Gasteiger partial charge in [0.1, 0.15) is 0 Å². The Morgan fingerprint density at radius 2 is 1.83 bits per heavy atom. The Balaban J connectivity index is 2.41. The van der Waals surface area contributed by atoms with Gasteiger partial charge < -0.3 is 5.11 Å². The van der Waals surface area contributed by atoms with Crippen LogP contribution in [0.2, 0.25) is 0 Å². The van der Waals surface area contributed by atoms with Crippen molar-refractivity contribution in [2.24, 2.45) is 0 Å². The summed E-state index contributed by atoms with van der Waals surface area (Å²) >= 11 is 0. The maximum absolute atomic E-state index is 12.0. The van der Waals surface area contributed by atoms with Crippen LogP contribution in [-0.2, 0) is 10.0 Å². The summed E-state index contributed by atoms with van der Waals surface area (Å²) in [5.74, 6) is 0. The van der Waals surface area contributed by atoms with Gasteiger partial charge in [-0.15, -0.1) is 0 Å². The van der Waals surface area contributed by atoms with Crippen LogP contribution in [0.4, 0.5) is 0 Å². The lowest BCUT2D eigenvalue weighted by molar-refractivity contribution is 0.265. The first-order valence-corrected chi connectivity index (χ1v) is 7.13. The number of nitrogens with one attached hydrogen (secondary N) is 1. The van der Waals surface area contributed by atoms with Gasteiger partial charge in [-0.05, 0) is 29.8 Å². The van der Waals surface area contributed by atoms with E-state index < -0.39 is 16.1 Å². The van der Waals surface area contributed by atoms with E-state index in [0.717, 1.165) is 10.8 Å². The maximum Gasteiger partial charge on any atom is 0.240 e. The van der Waals surface area contributed by atoms with Crippen molar-refractivity contribution in [2.75, 3.05) is 6.61 Å². The summed E-state index contributed by atoms with van der Waals surface area (Å²) in [7, 11) is -3.57. The van der Waals surface area contributed by atoms with Crippen molar-refractivity contribution in [2.45, 2.75) is 17.9 Å². The normalized spacial score (nSPS) is 13.7. The van der Waals surface area contributed by atoms with Crippen molar-refractivity contribution in [3.05, 3.63) is 42.5 Å². The third kappa shape index (κ3) is 2.69. The van der Waals surface area contributed by atoms with Gasteiger partial charge >= 0.3 is 0 Å².